The summed E-state index contributed by atoms with van der Waals surface area (Å²) < 4.78 is 10.4. The van der Waals surface area contributed by atoms with Gasteiger partial charge >= 0.3 is 0 Å². The second kappa shape index (κ2) is 7.14. The molecule has 5 nitrogen and oxygen atoms in total. The van der Waals surface area contributed by atoms with E-state index in [-0.39, 0.29) is 11.9 Å². The lowest BCUT2D eigenvalue weighted by atomic mass is 10.0. The Morgan fingerprint density at radius 3 is 2.75 bits per heavy atom. The molecule has 0 spiro atoms. The molecule has 0 bridgehead atoms. The minimum Gasteiger partial charge on any atom is -0.493 e. The highest BCUT2D eigenvalue weighted by Gasteiger charge is 2.19. The Morgan fingerprint density at radius 2 is 2.10 bits per heavy atom. The van der Waals surface area contributed by atoms with Gasteiger partial charge in [0.2, 0.25) is 5.91 Å². The Hall–Kier alpha value is -1.75. The molecule has 1 saturated heterocycles. The van der Waals surface area contributed by atoms with Gasteiger partial charge in [-0.15, -0.1) is 0 Å². The molecule has 2 N–H and O–H groups in total. The fourth-order valence-corrected chi connectivity index (χ4v) is 2.38. The molecule has 1 aliphatic heterocycles. The Morgan fingerprint density at radius 1 is 1.30 bits per heavy atom. The van der Waals surface area contributed by atoms with Crippen molar-refractivity contribution in [3.8, 4) is 11.5 Å². The molecule has 2 rings (SSSR count). The summed E-state index contributed by atoms with van der Waals surface area (Å²) in [7, 11) is 3.21. The number of carbonyl (C=O) groups is 1. The Bertz CT molecular complexity index is 456. The first-order valence-corrected chi connectivity index (χ1v) is 6.96. The maximum Gasteiger partial charge on any atom is 0.237 e. The molecule has 1 atom stereocenters. The van der Waals surface area contributed by atoms with E-state index in [1.807, 2.05) is 18.2 Å². The smallest absolute Gasteiger partial charge is 0.237 e. The van der Waals surface area contributed by atoms with Crippen LogP contribution >= 0.6 is 0 Å². The molecule has 1 amide bonds. The van der Waals surface area contributed by atoms with Crippen LogP contribution in [0.2, 0.25) is 0 Å². The molecule has 0 unspecified atom stereocenters. The van der Waals surface area contributed by atoms with Crippen LogP contribution in [-0.2, 0) is 11.3 Å². The van der Waals surface area contributed by atoms with Crippen molar-refractivity contribution in [2.45, 2.75) is 31.8 Å². The fraction of sp³-hybridized carbons (Fsp3) is 0.533. The number of piperidine rings is 1. The number of benzene rings is 1. The standard InChI is InChI=1S/C15H22N2O3/c1-19-13-7-6-11(9-14(13)20-2)10-17-15(18)12-5-3-4-8-16-12/h6-7,9,12,16H,3-5,8,10H2,1-2H3,(H,17,18)/t12-/m0/s1. The maximum atomic E-state index is 12.0. The minimum atomic E-state index is -0.0520. The van der Waals surface area contributed by atoms with Gasteiger partial charge in [0.25, 0.3) is 0 Å². The fourth-order valence-electron chi connectivity index (χ4n) is 2.38. The van der Waals surface area contributed by atoms with Gasteiger partial charge in [0, 0.05) is 6.54 Å². The van der Waals surface area contributed by atoms with Crippen LogP contribution in [0, 0.1) is 0 Å². The number of hydrogen-bond donors (Lipinski definition) is 2. The van der Waals surface area contributed by atoms with E-state index in [2.05, 4.69) is 10.6 Å². The second-order valence-corrected chi connectivity index (χ2v) is 4.91. The molecular weight excluding hydrogens is 256 g/mol. The monoisotopic (exact) mass is 278 g/mol. The summed E-state index contributed by atoms with van der Waals surface area (Å²) in [6.45, 7) is 1.42. The van der Waals surface area contributed by atoms with E-state index in [1.165, 1.54) is 0 Å². The van der Waals surface area contributed by atoms with Crippen LogP contribution in [-0.4, -0.2) is 32.7 Å². The summed E-state index contributed by atoms with van der Waals surface area (Å²) in [6, 6.07) is 5.60. The summed E-state index contributed by atoms with van der Waals surface area (Å²) in [4.78, 5) is 12.0. The van der Waals surface area contributed by atoms with E-state index < -0.39 is 0 Å². The highest BCUT2D eigenvalue weighted by Crippen LogP contribution is 2.27. The van der Waals surface area contributed by atoms with Gasteiger partial charge in [0.05, 0.1) is 20.3 Å². The highest BCUT2D eigenvalue weighted by molar-refractivity contribution is 5.81. The van der Waals surface area contributed by atoms with E-state index in [4.69, 9.17) is 9.47 Å². The van der Waals surface area contributed by atoms with Gasteiger partial charge in [0.1, 0.15) is 0 Å². The third-order valence-electron chi connectivity index (χ3n) is 3.54. The van der Waals surface area contributed by atoms with Gasteiger partial charge in [0.15, 0.2) is 11.5 Å². The summed E-state index contributed by atoms with van der Waals surface area (Å²) in [6.07, 6.45) is 3.18. The van der Waals surface area contributed by atoms with Gasteiger partial charge in [-0.1, -0.05) is 12.5 Å². The first-order valence-electron chi connectivity index (χ1n) is 6.96. The number of ether oxygens (including phenoxy) is 2. The van der Waals surface area contributed by atoms with Gasteiger partial charge in [-0.3, -0.25) is 4.79 Å². The quantitative estimate of drug-likeness (QED) is 0.856. The largest absolute Gasteiger partial charge is 0.493 e. The highest BCUT2D eigenvalue weighted by atomic mass is 16.5. The lowest BCUT2D eigenvalue weighted by molar-refractivity contribution is -0.123. The average Bonchev–Trinajstić information content (AvgIpc) is 2.53. The lowest BCUT2D eigenvalue weighted by Gasteiger charge is -2.22. The molecule has 0 saturated carbocycles. The number of rotatable bonds is 5. The molecule has 0 radical (unpaired) electrons. The van der Waals surface area contributed by atoms with Crippen LogP contribution < -0.4 is 20.1 Å². The zero-order chi connectivity index (χ0) is 14.4. The molecule has 1 aromatic rings. The van der Waals surface area contributed by atoms with Crippen LogP contribution in [0.4, 0.5) is 0 Å². The van der Waals surface area contributed by atoms with E-state index in [9.17, 15) is 4.79 Å². The van der Waals surface area contributed by atoms with E-state index in [0.29, 0.717) is 18.0 Å². The predicted molar refractivity (Wildman–Crippen MR) is 77.0 cm³/mol. The number of carbonyl (C=O) groups excluding carboxylic acids is 1. The summed E-state index contributed by atoms with van der Waals surface area (Å²) >= 11 is 0. The molecule has 0 aliphatic carbocycles. The van der Waals surface area contributed by atoms with Crippen molar-refractivity contribution in [3.05, 3.63) is 23.8 Å². The van der Waals surface area contributed by atoms with Crippen LogP contribution in [0.25, 0.3) is 0 Å². The Kier molecular flexibility index (Phi) is 5.24. The molecule has 0 aromatic heterocycles. The number of methoxy groups -OCH3 is 2. The summed E-state index contributed by atoms with van der Waals surface area (Å²) in [5, 5.41) is 6.20. The summed E-state index contributed by atoms with van der Waals surface area (Å²) in [5.41, 5.74) is 0.992. The van der Waals surface area contributed by atoms with E-state index in [0.717, 1.165) is 31.4 Å². The molecule has 110 valence electrons. The number of amides is 1. The average molecular weight is 278 g/mol. The molecule has 1 fully saturated rings. The zero-order valence-electron chi connectivity index (χ0n) is 12.1. The third-order valence-corrected chi connectivity index (χ3v) is 3.54. The molecular formula is C15H22N2O3. The molecule has 1 heterocycles. The molecule has 1 aliphatic rings. The third kappa shape index (κ3) is 3.63. The van der Waals surface area contributed by atoms with Crippen molar-refractivity contribution in [3.63, 3.8) is 0 Å². The van der Waals surface area contributed by atoms with Crippen LogP contribution in [0.1, 0.15) is 24.8 Å². The predicted octanol–water partition coefficient (Wildman–Crippen LogP) is 1.46. The number of hydrogen-bond acceptors (Lipinski definition) is 4. The van der Waals surface area contributed by atoms with Crippen molar-refractivity contribution in [2.75, 3.05) is 20.8 Å². The van der Waals surface area contributed by atoms with Gasteiger partial charge in [-0.25, -0.2) is 0 Å². The van der Waals surface area contributed by atoms with Gasteiger partial charge in [-0.05, 0) is 37.1 Å². The maximum absolute atomic E-state index is 12.0. The second-order valence-electron chi connectivity index (χ2n) is 4.91. The van der Waals surface area contributed by atoms with E-state index in [1.54, 1.807) is 14.2 Å². The zero-order valence-corrected chi connectivity index (χ0v) is 12.1. The van der Waals surface area contributed by atoms with E-state index >= 15 is 0 Å². The summed E-state index contributed by atoms with van der Waals surface area (Å²) in [5.74, 6) is 1.44. The number of nitrogens with one attached hydrogen (secondary N) is 2. The van der Waals surface area contributed by atoms with Gasteiger partial charge < -0.3 is 20.1 Å². The normalized spacial score (nSPS) is 18.4. The van der Waals surface area contributed by atoms with Crippen molar-refractivity contribution < 1.29 is 14.3 Å². The molecule has 1 aromatic carbocycles. The van der Waals surface area contributed by atoms with Crippen molar-refractivity contribution in [2.24, 2.45) is 0 Å². The van der Waals surface area contributed by atoms with Gasteiger partial charge in [-0.2, -0.15) is 0 Å². The minimum absolute atomic E-state index is 0.0520. The van der Waals surface area contributed by atoms with Crippen LogP contribution in [0.15, 0.2) is 18.2 Å². The van der Waals surface area contributed by atoms with Crippen molar-refractivity contribution >= 4 is 5.91 Å². The van der Waals surface area contributed by atoms with Crippen LogP contribution in [0.5, 0.6) is 11.5 Å². The van der Waals surface area contributed by atoms with Crippen molar-refractivity contribution in [1.29, 1.82) is 0 Å². The molecule has 5 heteroatoms. The topological polar surface area (TPSA) is 59.6 Å². The Balaban J connectivity index is 1.91. The first kappa shape index (κ1) is 14.7. The SMILES string of the molecule is COc1ccc(CNC(=O)[C@@H]2CCCCN2)cc1OC. The Labute approximate surface area is 119 Å². The van der Waals surface area contributed by atoms with Crippen molar-refractivity contribution in [1.82, 2.24) is 10.6 Å². The first-order chi connectivity index (χ1) is 9.74. The lowest BCUT2D eigenvalue weighted by Crippen LogP contribution is -2.46. The molecule has 20 heavy (non-hydrogen) atoms. The van der Waals surface area contributed by atoms with Crippen LogP contribution in [0.3, 0.4) is 0 Å².